The Hall–Kier alpha value is -2.61. The summed E-state index contributed by atoms with van der Waals surface area (Å²) in [6, 6.07) is 10.2. The highest BCUT2D eigenvalue weighted by Crippen LogP contribution is 2.35. The summed E-state index contributed by atoms with van der Waals surface area (Å²) in [6.07, 6.45) is 0.841. The van der Waals surface area contributed by atoms with Crippen molar-refractivity contribution in [3.63, 3.8) is 0 Å². The van der Waals surface area contributed by atoms with E-state index in [0.717, 1.165) is 58.3 Å². The van der Waals surface area contributed by atoms with Crippen LogP contribution < -0.4 is 4.90 Å². The maximum Gasteiger partial charge on any atom is 0.417 e. The number of nitrogens with zero attached hydrogens (tertiary/aromatic N) is 4. The number of carbonyl (C=O) groups excluding carboxylic acids is 1. The molecule has 8 heteroatoms. The lowest BCUT2D eigenvalue weighted by molar-refractivity contribution is -0.138. The summed E-state index contributed by atoms with van der Waals surface area (Å²) in [5.74, 6) is 1.62. The Morgan fingerprint density at radius 1 is 0.949 bits per heavy atom. The number of anilines is 1. The number of likely N-dealkylation sites (tertiary alicyclic amines) is 2. The fourth-order valence-electron chi connectivity index (χ4n) is 6.61. The third-order valence-electron chi connectivity index (χ3n) is 8.82. The molecule has 0 bridgehead atoms. The van der Waals surface area contributed by atoms with E-state index in [2.05, 4.69) is 59.8 Å². The molecule has 1 aromatic carbocycles. The Morgan fingerprint density at radius 2 is 1.64 bits per heavy atom. The van der Waals surface area contributed by atoms with Gasteiger partial charge in [-0.1, -0.05) is 32.9 Å². The normalized spacial score (nSPS) is 24.3. The summed E-state index contributed by atoms with van der Waals surface area (Å²) in [6.45, 7) is 13.1. The van der Waals surface area contributed by atoms with Gasteiger partial charge in [-0.15, -0.1) is 0 Å². The lowest BCUT2D eigenvalue weighted by atomic mass is 9.87. The second kappa shape index (κ2) is 11.1. The van der Waals surface area contributed by atoms with Crippen LogP contribution in [0.3, 0.4) is 0 Å². The average molecular weight is 543 g/mol. The maximum atomic E-state index is 13.0. The first kappa shape index (κ1) is 27.9. The number of hydrogen-bond acceptors (Lipinski definition) is 4. The number of pyridine rings is 1. The van der Waals surface area contributed by atoms with Gasteiger partial charge >= 0.3 is 6.18 Å². The van der Waals surface area contributed by atoms with Gasteiger partial charge in [0.1, 0.15) is 0 Å². The molecule has 2 aromatic rings. The van der Waals surface area contributed by atoms with Gasteiger partial charge in [0, 0.05) is 70.3 Å². The molecule has 4 heterocycles. The third kappa shape index (κ3) is 6.76. The van der Waals surface area contributed by atoms with E-state index in [9.17, 15) is 18.0 Å². The molecule has 3 atom stereocenters. The molecule has 0 saturated carbocycles. The number of fused-ring (bicyclic) bond motifs is 1. The lowest BCUT2D eigenvalue weighted by Gasteiger charge is -2.33. The van der Waals surface area contributed by atoms with E-state index in [1.165, 1.54) is 23.5 Å². The first-order valence-electron chi connectivity index (χ1n) is 14.3. The van der Waals surface area contributed by atoms with Crippen LogP contribution in [0.1, 0.15) is 56.7 Å². The van der Waals surface area contributed by atoms with E-state index in [0.29, 0.717) is 36.8 Å². The van der Waals surface area contributed by atoms with E-state index in [-0.39, 0.29) is 17.2 Å². The molecule has 0 aliphatic carbocycles. The molecule has 2 unspecified atom stereocenters. The summed E-state index contributed by atoms with van der Waals surface area (Å²) in [7, 11) is 0. The number of aromatic nitrogens is 1. The average Bonchev–Trinajstić information content (AvgIpc) is 3.46. The summed E-state index contributed by atoms with van der Waals surface area (Å²) in [5.41, 5.74) is 2.70. The molecule has 5 rings (SSSR count). The summed E-state index contributed by atoms with van der Waals surface area (Å²) < 4.78 is 39.1. The molecular formula is C31H41F3N4O. The van der Waals surface area contributed by atoms with Crippen molar-refractivity contribution in [2.24, 2.45) is 17.8 Å². The smallest absolute Gasteiger partial charge is 0.371 e. The third-order valence-corrected chi connectivity index (χ3v) is 8.82. The van der Waals surface area contributed by atoms with E-state index in [4.69, 9.17) is 0 Å². The number of piperidine rings is 1. The molecular weight excluding hydrogens is 501 g/mol. The number of hydrogen-bond donors (Lipinski definition) is 0. The van der Waals surface area contributed by atoms with Crippen LogP contribution in [-0.4, -0.2) is 66.5 Å². The molecule has 39 heavy (non-hydrogen) atoms. The number of carbonyl (C=O) groups is 1. The van der Waals surface area contributed by atoms with E-state index >= 15 is 0 Å². The Morgan fingerprint density at radius 3 is 2.28 bits per heavy atom. The highest BCUT2D eigenvalue weighted by atomic mass is 19.4. The van der Waals surface area contributed by atoms with E-state index in [1.807, 2.05) is 4.90 Å². The van der Waals surface area contributed by atoms with Crippen molar-refractivity contribution in [1.82, 2.24) is 14.8 Å². The number of alkyl halides is 3. The zero-order valence-electron chi connectivity index (χ0n) is 23.4. The molecule has 3 aliphatic heterocycles. The van der Waals surface area contributed by atoms with Crippen molar-refractivity contribution in [3.05, 3.63) is 59.4 Å². The lowest BCUT2D eigenvalue weighted by Crippen LogP contribution is -2.42. The summed E-state index contributed by atoms with van der Waals surface area (Å²) in [5, 5.41) is 0. The molecule has 0 radical (unpaired) electrons. The molecule has 0 spiro atoms. The molecule has 3 fully saturated rings. The Bertz CT molecular complexity index is 1130. The number of benzene rings is 1. The van der Waals surface area contributed by atoms with Crippen LogP contribution in [0.2, 0.25) is 0 Å². The van der Waals surface area contributed by atoms with Crippen LogP contribution in [0.25, 0.3) is 0 Å². The van der Waals surface area contributed by atoms with E-state index in [1.54, 1.807) is 0 Å². The van der Waals surface area contributed by atoms with Crippen molar-refractivity contribution in [2.75, 3.05) is 50.7 Å². The van der Waals surface area contributed by atoms with Gasteiger partial charge in [-0.05, 0) is 71.8 Å². The van der Waals surface area contributed by atoms with Crippen LogP contribution in [0.15, 0.2) is 42.7 Å². The van der Waals surface area contributed by atoms with Crippen molar-refractivity contribution >= 4 is 11.6 Å². The minimum atomic E-state index is -4.39. The number of rotatable bonds is 6. The van der Waals surface area contributed by atoms with Gasteiger partial charge in [0.05, 0.1) is 5.56 Å². The fraction of sp³-hybridized carbons (Fsp3) is 0.613. The Kier molecular flexibility index (Phi) is 7.96. The first-order chi connectivity index (χ1) is 18.5. The highest BCUT2D eigenvalue weighted by Gasteiger charge is 2.40. The predicted octanol–water partition coefficient (Wildman–Crippen LogP) is 5.64. The predicted molar refractivity (Wildman–Crippen MR) is 148 cm³/mol. The topological polar surface area (TPSA) is 39.7 Å². The SMILES string of the molecule is CC(C)(C)c1ccc(N2CC3CN(CCC(=O)N4CCC[C@H](Cc5cncc(C(F)(F)F)c5)C4)CC3C2)cc1. The van der Waals surface area contributed by atoms with Gasteiger partial charge in [0.15, 0.2) is 0 Å². The van der Waals surface area contributed by atoms with Crippen LogP contribution >= 0.6 is 0 Å². The van der Waals surface area contributed by atoms with Crippen molar-refractivity contribution in [3.8, 4) is 0 Å². The molecule has 1 aromatic heterocycles. The van der Waals surface area contributed by atoms with Crippen molar-refractivity contribution in [1.29, 1.82) is 0 Å². The van der Waals surface area contributed by atoms with Crippen LogP contribution in [0.5, 0.6) is 0 Å². The zero-order valence-corrected chi connectivity index (χ0v) is 23.4. The molecule has 3 saturated heterocycles. The van der Waals surface area contributed by atoms with Crippen LogP contribution in [0, 0.1) is 17.8 Å². The minimum Gasteiger partial charge on any atom is -0.371 e. The molecule has 5 nitrogen and oxygen atoms in total. The molecule has 1 amide bonds. The second-order valence-corrected chi connectivity index (χ2v) is 12.9. The molecule has 0 N–H and O–H groups in total. The monoisotopic (exact) mass is 542 g/mol. The van der Waals surface area contributed by atoms with Crippen LogP contribution in [0.4, 0.5) is 18.9 Å². The fourth-order valence-corrected chi connectivity index (χ4v) is 6.61. The van der Waals surface area contributed by atoms with Gasteiger partial charge in [0.25, 0.3) is 0 Å². The minimum absolute atomic E-state index is 0.160. The second-order valence-electron chi connectivity index (χ2n) is 12.9. The van der Waals surface area contributed by atoms with Crippen molar-refractivity contribution < 1.29 is 18.0 Å². The Labute approximate surface area is 230 Å². The molecule has 212 valence electrons. The largest absolute Gasteiger partial charge is 0.417 e. The van der Waals surface area contributed by atoms with Gasteiger partial charge < -0.3 is 14.7 Å². The summed E-state index contributed by atoms with van der Waals surface area (Å²) >= 11 is 0. The Balaban J connectivity index is 1.07. The van der Waals surface area contributed by atoms with Gasteiger partial charge in [0.2, 0.25) is 5.91 Å². The molecule has 3 aliphatic rings. The summed E-state index contributed by atoms with van der Waals surface area (Å²) in [4.78, 5) is 23.7. The van der Waals surface area contributed by atoms with E-state index < -0.39 is 11.7 Å². The van der Waals surface area contributed by atoms with Crippen LogP contribution in [-0.2, 0) is 22.8 Å². The number of amides is 1. The standard InChI is InChI=1S/C31H41F3N4O/c1-30(2,3)26-6-8-28(9-7-26)38-20-24-18-36(19-25(24)21-38)12-10-29(39)37-11-4-5-22(17-37)13-23-14-27(16-35-15-23)31(32,33)34/h6-9,14-16,22,24-25H,4-5,10-13,17-21H2,1-3H3/t22-,24?,25?/m1/s1. The quantitative estimate of drug-likeness (QED) is 0.474. The maximum absolute atomic E-state index is 13.0. The van der Waals surface area contributed by atoms with Gasteiger partial charge in [-0.3, -0.25) is 9.78 Å². The van der Waals surface area contributed by atoms with Crippen molar-refractivity contribution in [2.45, 2.75) is 58.0 Å². The highest BCUT2D eigenvalue weighted by molar-refractivity contribution is 5.76. The van der Waals surface area contributed by atoms with Gasteiger partial charge in [-0.2, -0.15) is 13.2 Å². The zero-order chi connectivity index (χ0) is 27.8. The first-order valence-corrected chi connectivity index (χ1v) is 14.3. The van der Waals surface area contributed by atoms with Gasteiger partial charge in [-0.25, -0.2) is 0 Å². The number of halogens is 3.